The van der Waals surface area contributed by atoms with Crippen LogP contribution in [0.5, 0.6) is 0 Å². The Morgan fingerprint density at radius 2 is 1.92 bits per heavy atom. The first-order valence-electron chi connectivity index (χ1n) is 8.73. The van der Waals surface area contributed by atoms with Crippen molar-refractivity contribution in [1.29, 1.82) is 0 Å². The Bertz CT molecular complexity index is 678. The molecule has 0 radical (unpaired) electrons. The second kappa shape index (κ2) is 5.52. The van der Waals surface area contributed by atoms with E-state index < -0.39 is 17.7 Å². The van der Waals surface area contributed by atoms with Crippen LogP contribution in [-0.2, 0) is 4.79 Å². The van der Waals surface area contributed by atoms with Crippen molar-refractivity contribution in [3.8, 4) is 0 Å². The number of halogens is 3. The van der Waals surface area contributed by atoms with Crippen LogP contribution >= 0.6 is 15.9 Å². The van der Waals surface area contributed by atoms with Crippen LogP contribution in [0.25, 0.3) is 0 Å². The molecule has 24 heavy (non-hydrogen) atoms. The van der Waals surface area contributed by atoms with Gasteiger partial charge < -0.3 is 5.32 Å². The third-order valence-electron chi connectivity index (χ3n) is 6.25. The van der Waals surface area contributed by atoms with E-state index in [0.717, 1.165) is 25.3 Å². The van der Waals surface area contributed by atoms with Gasteiger partial charge in [0.05, 0.1) is 11.5 Å². The lowest BCUT2D eigenvalue weighted by Crippen LogP contribution is -2.58. The predicted octanol–water partition coefficient (Wildman–Crippen LogP) is 4.88. The molecule has 130 valence electrons. The van der Waals surface area contributed by atoms with E-state index in [-0.39, 0.29) is 15.6 Å². The van der Waals surface area contributed by atoms with Gasteiger partial charge in [0, 0.05) is 16.0 Å². The summed E-state index contributed by atoms with van der Waals surface area (Å²) in [5.41, 5.74) is 0.0151. The van der Waals surface area contributed by atoms with E-state index in [2.05, 4.69) is 21.2 Å². The van der Waals surface area contributed by atoms with E-state index >= 15 is 0 Å². The molecule has 5 rings (SSSR count). The summed E-state index contributed by atoms with van der Waals surface area (Å²) in [4.78, 5) is 13.1. The van der Waals surface area contributed by atoms with Crippen LogP contribution in [0.4, 0.5) is 8.78 Å². The van der Waals surface area contributed by atoms with Gasteiger partial charge in [-0.1, -0.05) is 22.0 Å². The standard InChI is InChI=1S/C19H22BrF2NO/c1-11(15-3-2-14(21)5-16(15)22)23-17(24)18-6-12-4-13(7-18)9-19(20,8-12)10-18/h2-3,5,11-13H,4,6-10H2,1H3,(H,23,24)/t11-,12+,13+,18?,19?/m0/s1. The second-order valence-corrected chi connectivity index (χ2v) is 9.94. The minimum absolute atomic E-state index is 0.0386. The molecule has 4 fully saturated rings. The SMILES string of the molecule is C[C@H](NC(=O)C12C[C@H]3C[C@@H](CC(Br)(C3)C1)C2)c1ccc(F)cc1F. The molecule has 3 atom stereocenters. The highest BCUT2D eigenvalue weighted by Gasteiger charge is 2.59. The van der Waals surface area contributed by atoms with Gasteiger partial charge in [0.2, 0.25) is 5.91 Å². The van der Waals surface area contributed by atoms with Crippen LogP contribution in [0.2, 0.25) is 0 Å². The fourth-order valence-electron chi connectivity index (χ4n) is 5.70. The first-order chi connectivity index (χ1) is 11.3. The van der Waals surface area contributed by atoms with Crippen molar-refractivity contribution in [1.82, 2.24) is 5.32 Å². The Morgan fingerprint density at radius 3 is 2.50 bits per heavy atom. The number of carbonyl (C=O) groups is 1. The minimum Gasteiger partial charge on any atom is -0.349 e. The number of carbonyl (C=O) groups excluding carboxylic acids is 1. The number of benzene rings is 1. The van der Waals surface area contributed by atoms with Gasteiger partial charge in [0.15, 0.2) is 0 Å². The molecule has 0 unspecified atom stereocenters. The van der Waals surface area contributed by atoms with Crippen LogP contribution in [-0.4, -0.2) is 10.2 Å². The van der Waals surface area contributed by atoms with Crippen LogP contribution < -0.4 is 5.32 Å². The largest absolute Gasteiger partial charge is 0.349 e. The van der Waals surface area contributed by atoms with Crippen molar-refractivity contribution < 1.29 is 13.6 Å². The van der Waals surface area contributed by atoms with Crippen molar-refractivity contribution in [2.24, 2.45) is 17.3 Å². The lowest BCUT2D eigenvalue weighted by atomic mass is 9.49. The lowest BCUT2D eigenvalue weighted by molar-refractivity contribution is -0.144. The van der Waals surface area contributed by atoms with Crippen LogP contribution in [0.15, 0.2) is 18.2 Å². The number of rotatable bonds is 3. The number of hydrogen-bond acceptors (Lipinski definition) is 1. The van der Waals surface area contributed by atoms with Crippen LogP contribution in [0.3, 0.4) is 0 Å². The normalized spacial score (nSPS) is 38.2. The van der Waals surface area contributed by atoms with Crippen LogP contribution in [0, 0.1) is 28.9 Å². The Morgan fingerprint density at radius 1 is 1.25 bits per heavy atom. The van der Waals surface area contributed by atoms with Gasteiger partial charge in [-0.3, -0.25) is 4.79 Å². The summed E-state index contributed by atoms with van der Waals surface area (Å²) in [6.45, 7) is 1.76. The Kier molecular flexibility index (Phi) is 3.79. The molecule has 2 nitrogen and oxygen atoms in total. The predicted molar refractivity (Wildman–Crippen MR) is 91.7 cm³/mol. The zero-order valence-electron chi connectivity index (χ0n) is 13.7. The summed E-state index contributed by atoms with van der Waals surface area (Å²) < 4.78 is 27.2. The summed E-state index contributed by atoms with van der Waals surface area (Å²) in [5.74, 6) is 0.0718. The van der Waals surface area contributed by atoms with E-state index in [4.69, 9.17) is 0 Å². The molecule has 1 N–H and O–H groups in total. The van der Waals surface area contributed by atoms with Gasteiger partial charge in [-0.2, -0.15) is 0 Å². The Hall–Kier alpha value is -0.970. The highest BCUT2D eigenvalue weighted by Crippen LogP contribution is 2.64. The maximum Gasteiger partial charge on any atom is 0.226 e. The zero-order chi connectivity index (χ0) is 17.1. The number of amides is 1. The van der Waals surface area contributed by atoms with Gasteiger partial charge >= 0.3 is 0 Å². The van der Waals surface area contributed by atoms with Gasteiger partial charge in [-0.05, 0) is 63.4 Å². The quantitative estimate of drug-likeness (QED) is 0.723. The summed E-state index contributed by atoms with van der Waals surface area (Å²) in [5, 5.41) is 3.01. The van der Waals surface area contributed by atoms with E-state index in [1.165, 1.54) is 31.4 Å². The second-order valence-electron chi connectivity index (χ2n) is 8.25. The number of alkyl halides is 1. The smallest absolute Gasteiger partial charge is 0.226 e. The Labute approximate surface area is 149 Å². The molecule has 0 spiro atoms. The molecule has 0 aliphatic heterocycles. The van der Waals surface area contributed by atoms with Crippen molar-refractivity contribution in [3.05, 3.63) is 35.4 Å². The average Bonchev–Trinajstić information content (AvgIpc) is 2.44. The van der Waals surface area contributed by atoms with Crippen LogP contribution in [0.1, 0.15) is 57.1 Å². The molecule has 4 aliphatic rings. The maximum absolute atomic E-state index is 14.0. The topological polar surface area (TPSA) is 29.1 Å². The van der Waals surface area contributed by atoms with Crippen molar-refractivity contribution in [2.45, 2.75) is 55.8 Å². The molecule has 4 bridgehead atoms. The summed E-state index contributed by atoms with van der Waals surface area (Å²) in [6, 6.07) is 3.06. The van der Waals surface area contributed by atoms with Crippen molar-refractivity contribution in [2.75, 3.05) is 0 Å². The lowest BCUT2D eigenvalue weighted by Gasteiger charge is -2.59. The van der Waals surface area contributed by atoms with Gasteiger partial charge in [-0.15, -0.1) is 0 Å². The number of nitrogens with one attached hydrogen (secondary N) is 1. The fraction of sp³-hybridized carbons (Fsp3) is 0.632. The third kappa shape index (κ3) is 2.69. The average molecular weight is 398 g/mol. The first-order valence-corrected chi connectivity index (χ1v) is 9.53. The monoisotopic (exact) mass is 397 g/mol. The molecule has 0 heterocycles. The van der Waals surface area contributed by atoms with E-state index in [1.54, 1.807) is 6.92 Å². The molecule has 1 aromatic carbocycles. The van der Waals surface area contributed by atoms with Gasteiger partial charge in [0.1, 0.15) is 11.6 Å². The van der Waals surface area contributed by atoms with Crippen molar-refractivity contribution >= 4 is 21.8 Å². The van der Waals surface area contributed by atoms with E-state index in [0.29, 0.717) is 17.4 Å². The summed E-state index contributed by atoms with van der Waals surface area (Å²) >= 11 is 3.91. The van der Waals surface area contributed by atoms with Gasteiger partial charge in [0.25, 0.3) is 0 Å². The molecule has 4 saturated carbocycles. The number of hydrogen-bond donors (Lipinski definition) is 1. The molecular formula is C19H22BrF2NO. The molecular weight excluding hydrogens is 376 g/mol. The van der Waals surface area contributed by atoms with E-state index in [1.807, 2.05) is 0 Å². The highest BCUT2D eigenvalue weighted by molar-refractivity contribution is 9.10. The van der Waals surface area contributed by atoms with Gasteiger partial charge in [-0.25, -0.2) is 8.78 Å². The molecule has 5 heteroatoms. The summed E-state index contributed by atoms with van der Waals surface area (Å²) in [7, 11) is 0. The Balaban J connectivity index is 1.54. The highest BCUT2D eigenvalue weighted by atomic mass is 79.9. The maximum atomic E-state index is 14.0. The summed E-state index contributed by atoms with van der Waals surface area (Å²) in [6.07, 6.45) is 6.34. The minimum atomic E-state index is -0.606. The van der Waals surface area contributed by atoms with E-state index in [9.17, 15) is 13.6 Å². The molecule has 1 aromatic rings. The third-order valence-corrected chi connectivity index (χ3v) is 7.18. The van der Waals surface area contributed by atoms with Crippen molar-refractivity contribution in [3.63, 3.8) is 0 Å². The molecule has 0 aromatic heterocycles. The molecule has 0 saturated heterocycles. The molecule has 4 aliphatic carbocycles. The molecule has 1 amide bonds. The fourth-order valence-corrected chi connectivity index (χ4v) is 7.15. The zero-order valence-corrected chi connectivity index (χ0v) is 15.3. The first kappa shape index (κ1) is 16.5.